The Balaban J connectivity index is 2.55. The van der Waals surface area contributed by atoms with Crippen LogP contribution in [0.25, 0.3) is 0 Å². The summed E-state index contributed by atoms with van der Waals surface area (Å²) in [5, 5.41) is 3.06. The van der Waals surface area contributed by atoms with Gasteiger partial charge in [0.15, 0.2) is 0 Å². The summed E-state index contributed by atoms with van der Waals surface area (Å²) in [4.78, 5) is 7.99. The standard InChI is InChI=1S/C6H11N3/c1-5-3-8-4-9-6(5)7-2/h3-7H,1-2H3. The van der Waals surface area contributed by atoms with Gasteiger partial charge in [-0.25, -0.2) is 4.99 Å². The van der Waals surface area contributed by atoms with Crippen LogP contribution in [0.15, 0.2) is 9.98 Å². The third-order valence-electron chi connectivity index (χ3n) is 1.41. The van der Waals surface area contributed by atoms with Gasteiger partial charge in [0.05, 0.1) is 0 Å². The van der Waals surface area contributed by atoms with Crippen molar-refractivity contribution in [2.24, 2.45) is 15.9 Å². The van der Waals surface area contributed by atoms with Crippen molar-refractivity contribution in [2.75, 3.05) is 7.05 Å². The summed E-state index contributed by atoms with van der Waals surface area (Å²) in [6.45, 7) is 2.08. The second kappa shape index (κ2) is 2.73. The van der Waals surface area contributed by atoms with Crippen LogP contribution in [0.4, 0.5) is 0 Å². The molecular weight excluding hydrogens is 114 g/mol. The Labute approximate surface area is 54.9 Å². The van der Waals surface area contributed by atoms with E-state index in [-0.39, 0.29) is 6.17 Å². The van der Waals surface area contributed by atoms with Gasteiger partial charge in [-0.1, -0.05) is 6.92 Å². The summed E-state index contributed by atoms with van der Waals surface area (Å²) in [6, 6.07) is 0. The van der Waals surface area contributed by atoms with E-state index in [2.05, 4.69) is 22.2 Å². The second-order valence-electron chi connectivity index (χ2n) is 2.16. The molecule has 3 heteroatoms. The third kappa shape index (κ3) is 1.36. The van der Waals surface area contributed by atoms with Gasteiger partial charge in [0, 0.05) is 12.1 Å². The van der Waals surface area contributed by atoms with Gasteiger partial charge in [0.2, 0.25) is 0 Å². The fourth-order valence-electron chi connectivity index (χ4n) is 0.839. The van der Waals surface area contributed by atoms with Crippen molar-refractivity contribution in [1.29, 1.82) is 0 Å². The highest BCUT2D eigenvalue weighted by Crippen LogP contribution is 2.03. The maximum absolute atomic E-state index is 4.09. The Hall–Kier alpha value is -0.700. The molecule has 0 saturated heterocycles. The van der Waals surface area contributed by atoms with Crippen LogP contribution in [0.5, 0.6) is 0 Å². The number of hydrogen-bond acceptors (Lipinski definition) is 3. The lowest BCUT2D eigenvalue weighted by Gasteiger charge is -2.16. The summed E-state index contributed by atoms with van der Waals surface area (Å²) >= 11 is 0. The molecule has 2 unspecified atom stereocenters. The highest BCUT2D eigenvalue weighted by molar-refractivity contribution is 5.76. The van der Waals surface area contributed by atoms with Gasteiger partial charge in [-0.3, -0.25) is 10.3 Å². The molecule has 0 aromatic rings. The van der Waals surface area contributed by atoms with Crippen molar-refractivity contribution in [3.05, 3.63) is 0 Å². The smallest absolute Gasteiger partial charge is 0.111 e. The molecule has 0 aromatic carbocycles. The predicted octanol–water partition coefficient (Wildman–Crippen LogP) is 0.281. The van der Waals surface area contributed by atoms with Gasteiger partial charge < -0.3 is 0 Å². The molecule has 0 saturated carbocycles. The fourth-order valence-corrected chi connectivity index (χ4v) is 0.839. The first-order valence-corrected chi connectivity index (χ1v) is 3.07. The topological polar surface area (TPSA) is 36.8 Å². The molecular formula is C6H11N3. The molecule has 2 atom stereocenters. The van der Waals surface area contributed by atoms with Crippen molar-refractivity contribution in [3.8, 4) is 0 Å². The first-order valence-electron chi connectivity index (χ1n) is 3.07. The molecule has 1 rings (SSSR count). The van der Waals surface area contributed by atoms with Crippen LogP contribution < -0.4 is 5.32 Å². The van der Waals surface area contributed by atoms with E-state index >= 15 is 0 Å². The SMILES string of the molecule is CNC1N=CN=CC1C. The molecule has 9 heavy (non-hydrogen) atoms. The zero-order valence-corrected chi connectivity index (χ0v) is 5.70. The quantitative estimate of drug-likeness (QED) is 0.537. The lowest BCUT2D eigenvalue weighted by Crippen LogP contribution is -2.32. The molecule has 0 fully saturated rings. The summed E-state index contributed by atoms with van der Waals surface area (Å²) in [7, 11) is 1.90. The molecule has 0 bridgehead atoms. The highest BCUT2D eigenvalue weighted by atomic mass is 15.1. The highest BCUT2D eigenvalue weighted by Gasteiger charge is 2.12. The van der Waals surface area contributed by atoms with Crippen LogP contribution in [0.1, 0.15) is 6.92 Å². The number of aliphatic imine (C=N–C) groups is 2. The lowest BCUT2D eigenvalue weighted by atomic mass is 10.1. The van der Waals surface area contributed by atoms with Crippen LogP contribution in [0, 0.1) is 5.92 Å². The Morgan fingerprint density at radius 2 is 2.33 bits per heavy atom. The largest absolute Gasteiger partial charge is 0.298 e. The van der Waals surface area contributed by atoms with Crippen molar-refractivity contribution in [1.82, 2.24) is 5.32 Å². The number of nitrogens with zero attached hydrogens (tertiary/aromatic N) is 2. The van der Waals surface area contributed by atoms with E-state index in [0.717, 1.165) is 0 Å². The summed E-state index contributed by atoms with van der Waals surface area (Å²) in [6.07, 6.45) is 3.71. The van der Waals surface area contributed by atoms with Crippen LogP contribution >= 0.6 is 0 Å². The van der Waals surface area contributed by atoms with E-state index < -0.39 is 0 Å². The van der Waals surface area contributed by atoms with Gasteiger partial charge in [0.1, 0.15) is 12.5 Å². The van der Waals surface area contributed by atoms with Crippen LogP contribution in [0.3, 0.4) is 0 Å². The molecule has 50 valence electrons. The average molecular weight is 125 g/mol. The lowest BCUT2D eigenvalue weighted by molar-refractivity contribution is 0.505. The molecule has 0 spiro atoms. The molecule has 3 nitrogen and oxygen atoms in total. The van der Waals surface area contributed by atoms with E-state index in [1.807, 2.05) is 13.3 Å². The van der Waals surface area contributed by atoms with Gasteiger partial charge in [-0.15, -0.1) is 0 Å². The molecule has 1 heterocycles. The van der Waals surface area contributed by atoms with Crippen LogP contribution in [-0.4, -0.2) is 25.8 Å². The van der Waals surface area contributed by atoms with Crippen molar-refractivity contribution in [2.45, 2.75) is 13.1 Å². The molecule has 1 N–H and O–H groups in total. The maximum atomic E-state index is 4.09. The fraction of sp³-hybridized carbons (Fsp3) is 0.667. The minimum absolute atomic E-state index is 0.225. The van der Waals surface area contributed by atoms with Crippen LogP contribution in [0.2, 0.25) is 0 Å². The molecule has 1 aliphatic rings. The molecule has 0 amide bonds. The monoisotopic (exact) mass is 125 g/mol. The summed E-state index contributed by atoms with van der Waals surface area (Å²) in [5.74, 6) is 0.417. The molecule has 0 aromatic heterocycles. The third-order valence-corrected chi connectivity index (χ3v) is 1.41. The van der Waals surface area contributed by atoms with E-state index in [9.17, 15) is 0 Å². The van der Waals surface area contributed by atoms with E-state index in [4.69, 9.17) is 0 Å². The first-order chi connectivity index (χ1) is 4.34. The summed E-state index contributed by atoms with van der Waals surface area (Å²) < 4.78 is 0. The average Bonchev–Trinajstić information content (AvgIpc) is 1.89. The zero-order chi connectivity index (χ0) is 6.69. The predicted molar refractivity (Wildman–Crippen MR) is 39.0 cm³/mol. The minimum atomic E-state index is 0.225. The molecule has 1 aliphatic heterocycles. The van der Waals surface area contributed by atoms with E-state index in [1.165, 1.54) is 0 Å². The first kappa shape index (κ1) is 6.42. The van der Waals surface area contributed by atoms with E-state index in [1.54, 1.807) is 6.34 Å². The van der Waals surface area contributed by atoms with Gasteiger partial charge in [0.25, 0.3) is 0 Å². The Bertz CT molecular complexity index is 139. The number of hydrogen-bond donors (Lipinski definition) is 1. The number of rotatable bonds is 1. The van der Waals surface area contributed by atoms with Gasteiger partial charge in [-0.2, -0.15) is 0 Å². The maximum Gasteiger partial charge on any atom is 0.111 e. The van der Waals surface area contributed by atoms with Crippen molar-refractivity contribution < 1.29 is 0 Å². The Morgan fingerprint density at radius 1 is 1.56 bits per heavy atom. The van der Waals surface area contributed by atoms with Gasteiger partial charge in [-0.05, 0) is 7.05 Å². The Morgan fingerprint density at radius 3 is 2.78 bits per heavy atom. The Kier molecular flexibility index (Phi) is 1.95. The van der Waals surface area contributed by atoms with Gasteiger partial charge >= 0.3 is 0 Å². The van der Waals surface area contributed by atoms with Crippen molar-refractivity contribution >= 4 is 12.6 Å². The summed E-state index contributed by atoms with van der Waals surface area (Å²) in [5.41, 5.74) is 0. The molecule has 0 aliphatic carbocycles. The minimum Gasteiger partial charge on any atom is -0.298 e. The van der Waals surface area contributed by atoms with Crippen molar-refractivity contribution in [3.63, 3.8) is 0 Å². The van der Waals surface area contributed by atoms with E-state index in [0.29, 0.717) is 5.92 Å². The number of nitrogens with one attached hydrogen (secondary N) is 1. The van der Waals surface area contributed by atoms with Crippen LogP contribution in [-0.2, 0) is 0 Å². The zero-order valence-electron chi connectivity index (χ0n) is 5.70. The second-order valence-corrected chi connectivity index (χ2v) is 2.16. The normalized spacial score (nSPS) is 33.1. The molecule has 0 radical (unpaired) electrons.